The highest BCUT2D eigenvalue weighted by Crippen LogP contribution is 1.57. The molecule has 0 spiro atoms. The molecule has 6 nitrogen and oxygen atoms in total. The highest BCUT2D eigenvalue weighted by molar-refractivity contribution is 4.61. The molecule has 0 radical (unpaired) electrons. The fourth-order valence-electron chi connectivity index (χ4n) is 0.463. The van der Waals surface area contributed by atoms with Crippen LogP contribution in [0.5, 0.6) is 0 Å². The van der Waals surface area contributed by atoms with Gasteiger partial charge < -0.3 is 5.11 Å². The zero-order valence-electron chi connectivity index (χ0n) is 4.42. The molecule has 50 valence electrons. The maximum atomic E-state index is 10.4. The number of aromatic nitrogens is 3. The number of H-pyrrole nitrogens is 2. The molecule has 0 saturated carbocycles. The fourth-order valence-corrected chi connectivity index (χ4v) is 0.463. The van der Waals surface area contributed by atoms with Gasteiger partial charge in [0.2, 0.25) is 0 Å². The van der Waals surface area contributed by atoms with Crippen LogP contribution in [-0.4, -0.2) is 19.9 Å². The molecule has 0 bridgehead atoms. The van der Waals surface area contributed by atoms with Crippen LogP contribution < -0.4 is 11.4 Å². The second kappa shape index (κ2) is 1.90. The third kappa shape index (κ3) is 0.789. The molecule has 0 fully saturated rings. The van der Waals surface area contributed by atoms with Crippen LogP contribution in [0.2, 0.25) is 0 Å². The van der Waals surface area contributed by atoms with E-state index in [1.807, 2.05) is 10.2 Å². The minimum Gasteiger partial charge on any atom is -0.376 e. The van der Waals surface area contributed by atoms with Crippen molar-refractivity contribution in [3.8, 4) is 0 Å². The third-order valence-electron chi connectivity index (χ3n) is 0.908. The van der Waals surface area contributed by atoms with E-state index in [4.69, 9.17) is 5.11 Å². The van der Waals surface area contributed by atoms with E-state index in [-0.39, 0.29) is 0 Å². The quantitative estimate of drug-likeness (QED) is 0.404. The molecule has 3 N–H and O–H groups in total. The van der Waals surface area contributed by atoms with Crippen molar-refractivity contribution in [2.75, 3.05) is 0 Å². The molecule has 0 amide bonds. The molecule has 1 aromatic rings. The van der Waals surface area contributed by atoms with Crippen molar-refractivity contribution in [1.82, 2.24) is 14.8 Å². The average molecular weight is 131 g/mol. The largest absolute Gasteiger partial charge is 0.376 e. The summed E-state index contributed by atoms with van der Waals surface area (Å²) in [6.45, 7) is -0.600. The SMILES string of the molecule is O=c1[nH][nH]c(=O)n1CO. The standard InChI is InChI=1S/C3H5N3O3/c7-1-6-2(8)4-5-3(6)9/h7H,1H2,(H,4,8)(H,5,9). The Morgan fingerprint density at radius 3 is 2.00 bits per heavy atom. The van der Waals surface area contributed by atoms with Gasteiger partial charge in [-0.25, -0.2) is 24.4 Å². The van der Waals surface area contributed by atoms with Gasteiger partial charge in [0.15, 0.2) is 0 Å². The zero-order valence-corrected chi connectivity index (χ0v) is 4.42. The van der Waals surface area contributed by atoms with Crippen molar-refractivity contribution in [1.29, 1.82) is 0 Å². The molecule has 0 atom stereocenters. The lowest BCUT2D eigenvalue weighted by Gasteiger charge is -1.84. The summed E-state index contributed by atoms with van der Waals surface area (Å²) in [6, 6.07) is 0. The summed E-state index contributed by atoms with van der Waals surface area (Å²) in [5, 5.41) is 12.3. The van der Waals surface area contributed by atoms with Gasteiger partial charge in [-0.1, -0.05) is 0 Å². The lowest BCUT2D eigenvalue weighted by molar-refractivity contribution is 0.202. The van der Waals surface area contributed by atoms with Crippen molar-refractivity contribution < 1.29 is 5.11 Å². The minimum absolute atomic E-state index is 0.600. The molecule has 9 heavy (non-hydrogen) atoms. The topological polar surface area (TPSA) is 90.9 Å². The number of nitrogens with zero attached hydrogens (tertiary/aromatic N) is 1. The number of rotatable bonds is 1. The molecule has 0 aromatic carbocycles. The van der Waals surface area contributed by atoms with Gasteiger partial charge >= 0.3 is 11.4 Å². The Balaban J connectivity index is 3.41. The molecule has 0 aliphatic rings. The van der Waals surface area contributed by atoms with Gasteiger partial charge in [-0.2, -0.15) is 0 Å². The molecular formula is C3H5N3O3. The molecule has 0 aliphatic carbocycles. The maximum absolute atomic E-state index is 10.4. The number of hydrogen-bond donors (Lipinski definition) is 3. The van der Waals surface area contributed by atoms with Crippen LogP contribution in [0.4, 0.5) is 0 Å². The highest BCUT2D eigenvalue weighted by Gasteiger charge is 1.96. The lowest BCUT2D eigenvalue weighted by atomic mass is 11.0. The summed E-state index contributed by atoms with van der Waals surface area (Å²) in [5.41, 5.74) is -1.27. The van der Waals surface area contributed by atoms with Crippen LogP contribution in [0.1, 0.15) is 0 Å². The van der Waals surface area contributed by atoms with Gasteiger partial charge in [0.05, 0.1) is 0 Å². The van der Waals surface area contributed by atoms with E-state index in [0.717, 1.165) is 0 Å². The van der Waals surface area contributed by atoms with Crippen molar-refractivity contribution >= 4 is 0 Å². The third-order valence-corrected chi connectivity index (χ3v) is 0.908. The van der Waals surface area contributed by atoms with Gasteiger partial charge in [-0.15, -0.1) is 0 Å². The van der Waals surface area contributed by atoms with Crippen molar-refractivity contribution in [3.05, 3.63) is 21.0 Å². The zero-order chi connectivity index (χ0) is 6.85. The second-order valence-corrected chi connectivity index (χ2v) is 1.43. The molecule has 0 aliphatic heterocycles. The number of aromatic amines is 2. The number of hydrogen-bond acceptors (Lipinski definition) is 3. The first-order valence-electron chi connectivity index (χ1n) is 2.24. The monoisotopic (exact) mass is 131 g/mol. The molecule has 0 unspecified atom stereocenters. The summed E-state index contributed by atoms with van der Waals surface area (Å²) < 4.78 is 0.625. The lowest BCUT2D eigenvalue weighted by Crippen LogP contribution is -2.26. The van der Waals surface area contributed by atoms with Crippen LogP contribution in [0.15, 0.2) is 9.59 Å². The summed E-state index contributed by atoms with van der Waals surface area (Å²) in [6.07, 6.45) is 0. The van der Waals surface area contributed by atoms with E-state index < -0.39 is 18.1 Å². The predicted molar refractivity (Wildman–Crippen MR) is 27.9 cm³/mol. The van der Waals surface area contributed by atoms with Crippen molar-refractivity contribution in [2.24, 2.45) is 0 Å². The summed E-state index contributed by atoms with van der Waals surface area (Å²) in [4.78, 5) is 20.8. The smallest absolute Gasteiger partial charge is 0.346 e. The molecular weight excluding hydrogens is 126 g/mol. The first kappa shape index (κ1) is 5.83. The number of aliphatic hydroxyl groups is 1. The summed E-state index contributed by atoms with van der Waals surface area (Å²) in [5.74, 6) is 0. The molecule has 1 rings (SSSR count). The summed E-state index contributed by atoms with van der Waals surface area (Å²) >= 11 is 0. The Hall–Kier alpha value is -1.30. The van der Waals surface area contributed by atoms with Gasteiger partial charge in [0.1, 0.15) is 6.73 Å². The number of nitrogens with one attached hydrogen (secondary N) is 2. The van der Waals surface area contributed by atoms with Gasteiger partial charge in [0, 0.05) is 0 Å². The van der Waals surface area contributed by atoms with Gasteiger partial charge in [0.25, 0.3) is 0 Å². The van der Waals surface area contributed by atoms with E-state index in [1.54, 1.807) is 0 Å². The maximum Gasteiger partial charge on any atom is 0.346 e. The van der Waals surface area contributed by atoms with Crippen LogP contribution in [0, 0.1) is 0 Å². The molecule has 6 heteroatoms. The Morgan fingerprint density at radius 2 is 1.78 bits per heavy atom. The molecule has 1 heterocycles. The Kier molecular flexibility index (Phi) is 1.23. The fraction of sp³-hybridized carbons (Fsp3) is 0.333. The van der Waals surface area contributed by atoms with E-state index in [1.165, 1.54) is 0 Å². The van der Waals surface area contributed by atoms with Gasteiger partial charge in [-0.05, 0) is 0 Å². The van der Waals surface area contributed by atoms with Crippen LogP contribution >= 0.6 is 0 Å². The first-order chi connectivity index (χ1) is 4.25. The van der Waals surface area contributed by atoms with Gasteiger partial charge in [-0.3, -0.25) is 0 Å². The summed E-state index contributed by atoms with van der Waals surface area (Å²) in [7, 11) is 0. The normalized spacial score (nSPS) is 9.89. The van der Waals surface area contributed by atoms with Crippen LogP contribution in [-0.2, 0) is 6.73 Å². The number of aliphatic hydroxyl groups excluding tert-OH is 1. The second-order valence-electron chi connectivity index (χ2n) is 1.43. The van der Waals surface area contributed by atoms with E-state index in [9.17, 15) is 9.59 Å². The Labute approximate surface area is 48.7 Å². The Bertz CT molecular complexity index is 264. The van der Waals surface area contributed by atoms with Crippen molar-refractivity contribution in [3.63, 3.8) is 0 Å². The Morgan fingerprint density at radius 1 is 1.33 bits per heavy atom. The minimum atomic E-state index is -0.637. The molecule has 1 aromatic heterocycles. The average Bonchev–Trinajstić information content (AvgIpc) is 2.12. The first-order valence-corrected chi connectivity index (χ1v) is 2.24. The highest BCUT2D eigenvalue weighted by atomic mass is 16.3. The van der Waals surface area contributed by atoms with Crippen LogP contribution in [0.25, 0.3) is 0 Å². The van der Waals surface area contributed by atoms with Crippen molar-refractivity contribution in [2.45, 2.75) is 6.73 Å². The molecule has 0 saturated heterocycles. The van der Waals surface area contributed by atoms with E-state index >= 15 is 0 Å². The van der Waals surface area contributed by atoms with E-state index in [2.05, 4.69) is 0 Å². The van der Waals surface area contributed by atoms with E-state index in [0.29, 0.717) is 4.57 Å². The van der Waals surface area contributed by atoms with Crippen LogP contribution in [0.3, 0.4) is 0 Å². The predicted octanol–water partition coefficient (Wildman–Crippen LogP) is -2.19.